The molecule has 4 aliphatic rings. The average Bonchev–Trinajstić information content (AvgIpc) is 3.29. The van der Waals surface area contributed by atoms with Gasteiger partial charge in [0.25, 0.3) is 0 Å². The number of phenolic OH excluding ortho intramolecular Hbond substituents is 2. The summed E-state index contributed by atoms with van der Waals surface area (Å²) in [6.07, 6.45) is 18.9. The Bertz CT molecular complexity index is 2450. The minimum absolute atomic E-state index is 0.178. The van der Waals surface area contributed by atoms with E-state index in [1.54, 1.807) is 0 Å². The van der Waals surface area contributed by atoms with Gasteiger partial charge in [-0.1, -0.05) is 48.5 Å². The molecule has 4 heteroatoms. The van der Waals surface area contributed by atoms with Crippen LogP contribution in [0.5, 0.6) is 23.0 Å². The zero-order valence-corrected chi connectivity index (χ0v) is 38.0. The van der Waals surface area contributed by atoms with Gasteiger partial charge in [-0.2, -0.15) is 0 Å². The lowest BCUT2D eigenvalue weighted by atomic mass is 9.76. The van der Waals surface area contributed by atoms with Crippen LogP contribution in [0.15, 0.2) is 84.9 Å². The fraction of sp³-hybridized carbons (Fsp3) is 0.390. The minimum atomic E-state index is -0.178. The molecule has 0 aliphatic heterocycles. The first-order chi connectivity index (χ1) is 30.7. The number of para-hydroxylation sites is 2. The second kappa shape index (κ2) is 17.6. The third-order valence-corrected chi connectivity index (χ3v) is 14.7. The van der Waals surface area contributed by atoms with Gasteiger partial charge in [0.1, 0.15) is 23.0 Å². The summed E-state index contributed by atoms with van der Waals surface area (Å²) in [5.41, 5.74) is 22.0. The average molecular weight is 837 g/mol. The number of fused-ring (bicyclic) bond motifs is 4. The molecule has 4 aliphatic carbocycles. The van der Waals surface area contributed by atoms with Gasteiger partial charge in [-0.05, 0) is 234 Å². The van der Waals surface area contributed by atoms with Gasteiger partial charge in [0.05, 0.1) is 12.2 Å². The van der Waals surface area contributed by atoms with Crippen molar-refractivity contribution >= 4 is 0 Å². The first-order valence-electron chi connectivity index (χ1n) is 24.2. The highest BCUT2D eigenvalue weighted by atomic mass is 16.5. The van der Waals surface area contributed by atoms with Crippen molar-refractivity contribution in [2.75, 3.05) is 0 Å². The molecule has 1 unspecified atom stereocenters. The van der Waals surface area contributed by atoms with E-state index < -0.39 is 0 Å². The maximum absolute atomic E-state index is 12.3. The van der Waals surface area contributed by atoms with E-state index in [0.29, 0.717) is 17.9 Å². The molecular formula is C59H64O4. The molecule has 6 aromatic carbocycles. The predicted molar refractivity (Wildman–Crippen MR) is 259 cm³/mol. The van der Waals surface area contributed by atoms with Crippen LogP contribution in [0.4, 0.5) is 0 Å². The van der Waals surface area contributed by atoms with Crippen molar-refractivity contribution in [2.24, 2.45) is 0 Å². The molecule has 6 aromatic rings. The fourth-order valence-electron chi connectivity index (χ4n) is 11.9. The lowest BCUT2D eigenvalue weighted by Gasteiger charge is -2.29. The topological polar surface area (TPSA) is 58.9 Å². The third kappa shape index (κ3) is 8.04. The van der Waals surface area contributed by atoms with Crippen LogP contribution in [-0.2, 0) is 51.4 Å². The summed E-state index contributed by atoms with van der Waals surface area (Å²) in [6, 6.07) is 30.0. The SMILES string of the molecule is Cc1cc(-c2ccccc2OC(C)C[C@H](C)Oc2ccccc2-c2cc(C)cc(-c3c4c(cc5c3CCCC5)CCCC4)c2O)c(O)c(-c2c3c(cc4c2CCCC4)CCCC3)c1. The van der Waals surface area contributed by atoms with Crippen LogP contribution in [0.2, 0.25) is 0 Å². The van der Waals surface area contributed by atoms with Gasteiger partial charge in [0, 0.05) is 39.8 Å². The van der Waals surface area contributed by atoms with E-state index in [1.165, 1.54) is 107 Å². The van der Waals surface area contributed by atoms with E-state index in [2.05, 4.69) is 76.2 Å². The zero-order chi connectivity index (χ0) is 43.2. The van der Waals surface area contributed by atoms with Crippen LogP contribution in [0, 0.1) is 13.8 Å². The third-order valence-electron chi connectivity index (χ3n) is 14.7. The number of aryl methyl sites for hydroxylation is 6. The molecule has 10 rings (SSSR count). The van der Waals surface area contributed by atoms with Crippen LogP contribution in [0.25, 0.3) is 44.5 Å². The smallest absolute Gasteiger partial charge is 0.131 e. The van der Waals surface area contributed by atoms with Crippen LogP contribution in [0.3, 0.4) is 0 Å². The normalized spacial score (nSPS) is 16.6. The van der Waals surface area contributed by atoms with Gasteiger partial charge >= 0.3 is 0 Å². The lowest BCUT2D eigenvalue weighted by Crippen LogP contribution is -2.23. The van der Waals surface area contributed by atoms with Crippen molar-refractivity contribution in [3.63, 3.8) is 0 Å². The van der Waals surface area contributed by atoms with Gasteiger partial charge in [-0.25, -0.2) is 0 Å². The highest BCUT2D eigenvalue weighted by molar-refractivity contribution is 5.90. The molecule has 0 radical (unpaired) electrons. The van der Waals surface area contributed by atoms with Crippen LogP contribution < -0.4 is 9.47 Å². The molecule has 324 valence electrons. The first-order valence-corrected chi connectivity index (χ1v) is 24.2. The standard InChI is InChI=1S/C59H64O4/c1-36-29-50(58(60)52(31-36)56-44-21-9-5-17-40(44)34-41-18-6-10-22-45(41)56)48-25-13-15-27-54(48)62-38(3)33-39(4)63-55-28-16-14-26-49(55)51-30-37(2)32-53(59(51)61)57-46-23-11-7-19-42(46)35-43-20-8-12-24-47(43)57/h13-16,25-32,34-35,38-39,60-61H,5-12,17-24,33H2,1-4H3/t38-,39?/m0/s1. The first kappa shape index (κ1) is 41.5. The molecule has 0 saturated heterocycles. The number of aromatic hydroxyl groups is 2. The van der Waals surface area contributed by atoms with Crippen LogP contribution in [-0.4, -0.2) is 22.4 Å². The second-order valence-electron chi connectivity index (χ2n) is 19.4. The maximum Gasteiger partial charge on any atom is 0.131 e. The molecule has 2 N–H and O–H groups in total. The Morgan fingerprint density at radius 2 is 0.730 bits per heavy atom. The molecule has 0 aromatic heterocycles. The predicted octanol–water partition coefficient (Wildman–Crippen LogP) is 14.5. The molecule has 2 atom stereocenters. The molecule has 0 heterocycles. The van der Waals surface area contributed by atoms with Crippen molar-refractivity contribution in [3.05, 3.63) is 141 Å². The van der Waals surface area contributed by atoms with E-state index in [-0.39, 0.29) is 12.2 Å². The Hall–Kier alpha value is -5.48. The molecule has 0 spiro atoms. The van der Waals surface area contributed by atoms with Crippen LogP contribution >= 0.6 is 0 Å². The number of ether oxygens (including phenoxy) is 2. The Balaban J connectivity index is 0.923. The summed E-state index contributed by atoms with van der Waals surface area (Å²) in [5.74, 6) is 2.20. The van der Waals surface area contributed by atoms with E-state index >= 15 is 0 Å². The summed E-state index contributed by atoms with van der Waals surface area (Å²) in [7, 11) is 0. The highest BCUT2D eigenvalue weighted by Crippen LogP contribution is 2.50. The number of hydrogen-bond donors (Lipinski definition) is 2. The minimum Gasteiger partial charge on any atom is -0.507 e. The molecule has 0 amide bonds. The van der Waals surface area contributed by atoms with Crippen molar-refractivity contribution < 1.29 is 19.7 Å². The fourth-order valence-corrected chi connectivity index (χ4v) is 11.9. The van der Waals surface area contributed by atoms with Crippen LogP contribution in [0.1, 0.15) is 127 Å². The van der Waals surface area contributed by atoms with Gasteiger partial charge in [-0.3, -0.25) is 0 Å². The zero-order valence-electron chi connectivity index (χ0n) is 38.0. The Morgan fingerprint density at radius 3 is 1.10 bits per heavy atom. The van der Waals surface area contributed by atoms with Gasteiger partial charge in [0.15, 0.2) is 0 Å². The Kier molecular flexibility index (Phi) is 11.6. The molecule has 0 saturated carbocycles. The van der Waals surface area contributed by atoms with Gasteiger partial charge in [-0.15, -0.1) is 0 Å². The maximum atomic E-state index is 12.3. The highest BCUT2D eigenvalue weighted by Gasteiger charge is 2.29. The van der Waals surface area contributed by atoms with Crippen molar-refractivity contribution in [3.8, 4) is 67.5 Å². The number of hydrogen-bond acceptors (Lipinski definition) is 4. The number of benzene rings is 6. The summed E-state index contributed by atoms with van der Waals surface area (Å²) in [5, 5.41) is 24.7. The Morgan fingerprint density at radius 1 is 0.413 bits per heavy atom. The van der Waals surface area contributed by atoms with E-state index in [9.17, 15) is 10.2 Å². The van der Waals surface area contributed by atoms with Crippen molar-refractivity contribution in [1.82, 2.24) is 0 Å². The van der Waals surface area contributed by atoms with Crippen molar-refractivity contribution in [1.29, 1.82) is 0 Å². The summed E-state index contributed by atoms with van der Waals surface area (Å²) in [4.78, 5) is 0. The van der Waals surface area contributed by atoms with E-state index in [4.69, 9.17) is 9.47 Å². The Labute approximate surface area is 375 Å². The molecule has 4 nitrogen and oxygen atoms in total. The van der Waals surface area contributed by atoms with Gasteiger partial charge in [0.2, 0.25) is 0 Å². The van der Waals surface area contributed by atoms with E-state index in [0.717, 1.165) is 107 Å². The second-order valence-corrected chi connectivity index (χ2v) is 19.4. The molecule has 0 fully saturated rings. The molecule has 0 bridgehead atoms. The number of phenols is 2. The monoisotopic (exact) mass is 836 g/mol. The molecule has 63 heavy (non-hydrogen) atoms. The summed E-state index contributed by atoms with van der Waals surface area (Å²) >= 11 is 0. The largest absolute Gasteiger partial charge is 0.507 e. The summed E-state index contributed by atoms with van der Waals surface area (Å²) < 4.78 is 13.6. The summed E-state index contributed by atoms with van der Waals surface area (Å²) in [6.45, 7) is 8.51. The number of rotatable bonds is 10. The lowest BCUT2D eigenvalue weighted by molar-refractivity contribution is 0.131. The van der Waals surface area contributed by atoms with Gasteiger partial charge < -0.3 is 19.7 Å². The molecular weight excluding hydrogens is 773 g/mol. The van der Waals surface area contributed by atoms with E-state index in [1.807, 2.05) is 36.4 Å². The quantitative estimate of drug-likeness (QED) is 0.144. The van der Waals surface area contributed by atoms with Crippen molar-refractivity contribution in [2.45, 2.75) is 149 Å².